The second-order valence-corrected chi connectivity index (χ2v) is 4.01. The van der Waals surface area contributed by atoms with E-state index in [9.17, 15) is 4.79 Å². The number of nitrogens with zero attached hydrogens (tertiary/aromatic N) is 1. The lowest BCUT2D eigenvalue weighted by molar-refractivity contribution is -0.137. The zero-order valence-electron chi connectivity index (χ0n) is 9.15. The summed E-state index contributed by atoms with van der Waals surface area (Å²) in [4.78, 5) is 13.5. The number of amides is 1. The van der Waals surface area contributed by atoms with Crippen molar-refractivity contribution in [1.82, 2.24) is 10.2 Å². The molecular formula is C10H20N2O3. The minimum Gasteiger partial charge on any atom is -0.395 e. The van der Waals surface area contributed by atoms with Crippen molar-refractivity contribution in [1.29, 1.82) is 0 Å². The fourth-order valence-corrected chi connectivity index (χ4v) is 1.95. The van der Waals surface area contributed by atoms with Gasteiger partial charge in [0.25, 0.3) is 0 Å². The molecule has 3 N–H and O–H groups in total. The van der Waals surface area contributed by atoms with Gasteiger partial charge in [-0.1, -0.05) is 6.92 Å². The molecular weight excluding hydrogens is 196 g/mol. The quantitative estimate of drug-likeness (QED) is 0.531. The van der Waals surface area contributed by atoms with Crippen molar-refractivity contribution in [2.24, 2.45) is 11.8 Å². The fraction of sp³-hybridized carbons (Fsp3) is 0.900. The van der Waals surface area contributed by atoms with E-state index in [0.717, 1.165) is 6.54 Å². The Morgan fingerprint density at radius 2 is 1.93 bits per heavy atom. The van der Waals surface area contributed by atoms with E-state index in [4.69, 9.17) is 10.2 Å². The average molecular weight is 216 g/mol. The Kier molecular flexibility index (Phi) is 5.01. The van der Waals surface area contributed by atoms with Gasteiger partial charge in [-0.2, -0.15) is 0 Å². The Morgan fingerprint density at radius 1 is 1.33 bits per heavy atom. The van der Waals surface area contributed by atoms with Crippen LogP contribution in [0.2, 0.25) is 0 Å². The highest BCUT2D eigenvalue weighted by atomic mass is 16.3. The van der Waals surface area contributed by atoms with Crippen LogP contribution < -0.4 is 5.32 Å². The Morgan fingerprint density at radius 3 is 2.33 bits per heavy atom. The van der Waals surface area contributed by atoms with E-state index in [1.165, 1.54) is 4.90 Å². The first-order chi connectivity index (χ1) is 7.20. The lowest BCUT2D eigenvalue weighted by atomic mass is 9.96. The Bertz CT molecular complexity index is 205. The van der Waals surface area contributed by atoms with E-state index in [1.54, 1.807) is 0 Å². The predicted molar refractivity (Wildman–Crippen MR) is 56.3 cm³/mol. The van der Waals surface area contributed by atoms with Crippen LogP contribution in [0.5, 0.6) is 0 Å². The molecule has 1 aliphatic rings. The SMILES string of the molecule is CC1CNCC1C(=O)N(CCO)CCO. The summed E-state index contributed by atoms with van der Waals surface area (Å²) in [6.45, 7) is 4.11. The molecule has 15 heavy (non-hydrogen) atoms. The molecule has 0 aromatic rings. The number of carbonyl (C=O) groups is 1. The van der Waals surface area contributed by atoms with E-state index < -0.39 is 0 Å². The molecule has 1 rings (SSSR count). The largest absolute Gasteiger partial charge is 0.395 e. The topological polar surface area (TPSA) is 72.8 Å². The average Bonchev–Trinajstić information content (AvgIpc) is 2.63. The van der Waals surface area contributed by atoms with Crippen LogP contribution in [-0.4, -0.2) is 60.4 Å². The predicted octanol–water partition coefficient (Wildman–Crippen LogP) is -1.34. The van der Waals surface area contributed by atoms with Crippen LogP contribution in [-0.2, 0) is 4.79 Å². The van der Waals surface area contributed by atoms with Gasteiger partial charge in [0.15, 0.2) is 0 Å². The van der Waals surface area contributed by atoms with Crippen molar-refractivity contribution in [2.45, 2.75) is 6.92 Å². The third-order valence-corrected chi connectivity index (χ3v) is 2.89. The van der Waals surface area contributed by atoms with Gasteiger partial charge in [0.2, 0.25) is 5.91 Å². The lowest BCUT2D eigenvalue weighted by Crippen LogP contribution is -2.41. The molecule has 2 unspecified atom stereocenters. The van der Waals surface area contributed by atoms with Crippen molar-refractivity contribution < 1.29 is 15.0 Å². The first kappa shape index (κ1) is 12.4. The number of rotatable bonds is 5. The molecule has 0 spiro atoms. The second kappa shape index (κ2) is 6.05. The number of hydrogen-bond acceptors (Lipinski definition) is 4. The molecule has 0 aromatic carbocycles. The van der Waals surface area contributed by atoms with Gasteiger partial charge in [-0.25, -0.2) is 0 Å². The maximum atomic E-state index is 12.0. The van der Waals surface area contributed by atoms with Gasteiger partial charge in [-0.3, -0.25) is 4.79 Å². The van der Waals surface area contributed by atoms with E-state index in [1.807, 2.05) is 6.92 Å². The maximum absolute atomic E-state index is 12.0. The molecule has 1 amide bonds. The molecule has 88 valence electrons. The first-order valence-corrected chi connectivity index (χ1v) is 5.42. The van der Waals surface area contributed by atoms with Gasteiger partial charge < -0.3 is 20.4 Å². The summed E-state index contributed by atoms with van der Waals surface area (Å²) in [5, 5.41) is 20.8. The number of hydrogen-bond donors (Lipinski definition) is 3. The van der Waals surface area contributed by atoms with E-state index in [2.05, 4.69) is 5.32 Å². The van der Waals surface area contributed by atoms with Gasteiger partial charge >= 0.3 is 0 Å². The molecule has 5 heteroatoms. The number of aliphatic hydroxyl groups excluding tert-OH is 2. The third-order valence-electron chi connectivity index (χ3n) is 2.89. The van der Waals surface area contributed by atoms with Crippen LogP contribution in [0.4, 0.5) is 0 Å². The van der Waals surface area contributed by atoms with E-state index in [-0.39, 0.29) is 25.0 Å². The normalized spacial score (nSPS) is 25.5. The molecule has 0 aliphatic carbocycles. The smallest absolute Gasteiger partial charge is 0.227 e. The fourth-order valence-electron chi connectivity index (χ4n) is 1.95. The molecule has 1 saturated heterocycles. The van der Waals surface area contributed by atoms with Crippen molar-refractivity contribution in [3.05, 3.63) is 0 Å². The van der Waals surface area contributed by atoms with E-state index >= 15 is 0 Å². The van der Waals surface area contributed by atoms with Crippen LogP contribution in [0.1, 0.15) is 6.92 Å². The summed E-state index contributed by atoms with van der Waals surface area (Å²) >= 11 is 0. The number of aliphatic hydroxyl groups is 2. The zero-order valence-corrected chi connectivity index (χ0v) is 9.15. The monoisotopic (exact) mass is 216 g/mol. The molecule has 1 heterocycles. The summed E-state index contributed by atoms with van der Waals surface area (Å²) < 4.78 is 0. The van der Waals surface area contributed by atoms with Crippen molar-refractivity contribution in [2.75, 3.05) is 39.4 Å². The van der Waals surface area contributed by atoms with Crippen LogP contribution in [0, 0.1) is 11.8 Å². The molecule has 0 saturated carbocycles. The minimum absolute atomic E-state index is 0.0110. The summed E-state index contributed by atoms with van der Waals surface area (Å²) in [7, 11) is 0. The van der Waals surface area contributed by atoms with Gasteiger partial charge in [0.1, 0.15) is 0 Å². The third kappa shape index (κ3) is 3.15. The highest BCUT2D eigenvalue weighted by Gasteiger charge is 2.32. The molecule has 2 atom stereocenters. The minimum atomic E-state index is -0.0553. The lowest BCUT2D eigenvalue weighted by Gasteiger charge is -2.25. The van der Waals surface area contributed by atoms with Crippen LogP contribution in [0.3, 0.4) is 0 Å². The van der Waals surface area contributed by atoms with Crippen molar-refractivity contribution in [3.63, 3.8) is 0 Å². The number of carbonyl (C=O) groups excluding carboxylic acids is 1. The molecule has 1 aliphatic heterocycles. The van der Waals surface area contributed by atoms with Gasteiger partial charge in [0.05, 0.1) is 19.1 Å². The first-order valence-electron chi connectivity index (χ1n) is 5.42. The molecule has 0 radical (unpaired) electrons. The van der Waals surface area contributed by atoms with Gasteiger partial charge in [0, 0.05) is 19.6 Å². The Hall–Kier alpha value is -0.650. The molecule has 0 bridgehead atoms. The second-order valence-electron chi connectivity index (χ2n) is 4.01. The van der Waals surface area contributed by atoms with Crippen LogP contribution >= 0.6 is 0 Å². The summed E-state index contributed by atoms with van der Waals surface area (Å²) in [5.74, 6) is 0.357. The summed E-state index contributed by atoms with van der Waals surface area (Å²) in [6.07, 6.45) is 0. The van der Waals surface area contributed by atoms with Crippen molar-refractivity contribution >= 4 is 5.91 Å². The number of nitrogens with one attached hydrogen (secondary N) is 1. The zero-order chi connectivity index (χ0) is 11.3. The Balaban J connectivity index is 2.54. The van der Waals surface area contributed by atoms with E-state index in [0.29, 0.717) is 25.6 Å². The van der Waals surface area contributed by atoms with Crippen LogP contribution in [0.25, 0.3) is 0 Å². The standard InChI is InChI=1S/C10H20N2O3/c1-8-6-11-7-9(8)10(15)12(2-4-13)3-5-14/h8-9,11,13-14H,2-7H2,1H3. The maximum Gasteiger partial charge on any atom is 0.227 e. The molecule has 0 aromatic heterocycles. The summed E-state index contributed by atoms with van der Waals surface area (Å²) in [5.41, 5.74) is 0. The molecule has 1 fully saturated rings. The Labute approximate surface area is 90.1 Å². The van der Waals surface area contributed by atoms with Crippen molar-refractivity contribution in [3.8, 4) is 0 Å². The summed E-state index contributed by atoms with van der Waals surface area (Å²) in [6, 6.07) is 0. The highest BCUT2D eigenvalue weighted by Crippen LogP contribution is 2.18. The van der Waals surface area contributed by atoms with Gasteiger partial charge in [-0.15, -0.1) is 0 Å². The molecule has 5 nitrogen and oxygen atoms in total. The highest BCUT2D eigenvalue weighted by molar-refractivity contribution is 5.79. The van der Waals surface area contributed by atoms with Gasteiger partial charge in [-0.05, 0) is 12.5 Å². The van der Waals surface area contributed by atoms with Crippen LogP contribution in [0.15, 0.2) is 0 Å².